The molecular formula is C8H6N4O2. The fourth-order valence-corrected chi connectivity index (χ4v) is 0.994. The minimum Gasteiger partial charge on any atom is -0.342 e. The van der Waals surface area contributed by atoms with Crippen LogP contribution in [-0.4, -0.2) is 31.5 Å². The molecule has 0 saturated carbocycles. The number of ketones is 2. The van der Waals surface area contributed by atoms with Crippen LogP contribution in [0.15, 0.2) is 24.8 Å². The number of carbonyl (C=O) groups excluding carboxylic acids is 2. The van der Waals surface area contributed by atoms with Gasteiger partial charge in [-0.25, -0.2) is 9.97 Å². The third-order valence-electron chi connectivity index (χ3n) is 1.63. The van der Waals surface area contributed by atoms with Crippen LogP contribution in [0.1, 0.15) is 21.2 Å². The first-order chi connectivity index (χ1) is 6.79. The fraction of sp³-hybridized carbons (Fsp3) is 0. The highest BCUT2D eigenvalue weighted by molar-refractivity contribution is 6.47. The van der Waals surface area contributed by atoms with E-state index in [1.54, 1.807) is 0 Å². The van der Waals surface area contributed by atoms with E-state index < -0.39 is 11.6 Å². The lowest BCUT2D eigenvalue weighted by Gasteiger charge is -1.91. The van der Waals surface area contributed by atoms with E-state index in [0.29, 0.717) is 0 Å². The molecule has 0 spiro atoms. The summed E-state index contributed by atoms with van der Waals surface area (Å²) in [6.45, 7) is 0. The predicted molar refractivity (Wildman–Crippen MR) is 45.8 cm³/mol. The summed E-state index contributed by atoms with van der Waals surface area (Å²) in [5, 5.41) is 0. The molecule has 0 aromatic carbocycles. The molecule has 0 radical (unpaired) electrons. The molecule has 0 atom stereocenters. The van der Waals surface area contributed by atoms with Crippen molar-refractivity contribution >= 4 is 11.6 Å². The van der Waals surface area contributed by atoms with Crippen molar-refractivity contribution in [3.63, 3.8) is 0 Å². The zero-order valence-corrected chi connectivity index (χ0v) is 7.02. The molecule has 0 fully saturated rings. The topological polar surface area (TPSA) is 91.5 Å². The Hall–Kier alpha value is -2.24. The zero-order valence-electron chi connectivity index (χ0n) is 7.02. The number of rotatable bonds is 3. The van der Waals surface area contributed by atoms with Crippen LogP contribution in [0.25, 0.3) is 0 Å². The molecule has 70 valence electrons. The van der Waals surface area contributed by atoms with Crippen molar-refractivity contribution < 1.29 is 9.59 Å². The molecule has 2 N–H and O–H groups in total. The van der Waals surface area contributed by atoms with Crippen molar-refractivity contribution in [1.82, 2.24) is 19.9 Å². The lowest BCUT2D eigenvalue weighted by atomic mass is 10.2. The highest BCUT2D eigenvalue weighted by Crippen LogP contribution is 1.98. The standard InChI is InChI=1S/C8H6N4O2/c13-5(7-9-1-2-10-7)6(14)8-11-3-4-12-8/h1-4H,(H,9,10)(H,11,12). The van der Waals surface area contributed by atoms with Crippen molar-refractivity contribution in [3.8, 4) is 0 Å². The highest BCUT2D eigenvalue weighted by atomic mass is 16.2. The van der Waals surface area contributed by atoms with Gasteiger partial charge in [0, 0.05) is 24.8 Å². The Morgan fingerprint density at radius 3 is 1.64 bits per heavy atom. The molecule has 0 amide bonds. The van der Waals surface area contributed by atoms with E-state index in [4.69, 9.17) is 0 Å². The van der Waals surface area contributed by atoms with E-state index in [2.05, 4.69) is 19.9 Å². The number of carbonyl (C=O) groups is 2. The molecule has 0 saturated heterocycles. The van der Waals surface area contributed by atoms with Crippen LogP contribution in [0.4, 0.5) is 0 Å². The summed E-state index contributed by atoms with van der Waals surface area (Å²) in [5.41, 5.74) is 0. The molecule has 0 bridgehead atoms. The van der Waals surface area contributed by atoms with E-state index in [1.807, 2.05) is 0 Å². The Kier molecular flexibility index (Phi) is 1.94. The molecule has 2 heterocycles. The molecule has 2 aromatic heterocycles. The molecule has 0 aliphatic rings. The van der Waals surface area contributed by atoms with Crippen LogP contribution in [0.3, 0.4) is 0 Å². The van der Waals surface area contributed by atoms with Gasteiger partial charge in [0.05, 0.1) is 0 Å². The van der Waals surface area contributed by atoms with Crippen LogP contribution in [0, 0.1) is 0 Å². The van der Waals surface area contributed by atoms with E-state index in [1.165, 1.54) is 24.8 Å². The molecule has 2 aromatic rings. The number of Topliss-reactive ketones (excluding diaryl/α,β-unsaturated/α-hetero) is 2. The molecule has 2 rings (SSSR count). The number of nitrogens with zero attached hydrogens (tertiary/aromatic N) is 2. The zero-order chi connectivity index (χ0) is 9.97. The minimum absolute atomic E-state index is 0.0198. The van der Waals surface area contributed by atoms with Gasteiger partial charge in [-0.1, -0.05) is 0 Å². The smallest absolute Gasteiger partial charge is 0.271 e. The maximum Gasteiger partial charge on any atom is 0.271 e. The highest BCUT2D eigenvalue weighted by Gasteiger charge is 2.21. The predicted octanol–water partition coefficient (Wildman–Crippen LogP) is 0.198. The number of imidazole rings is 2. The number of hydrogen-bond donors (Lipinski definition) is 2. The van der Waals surface area contributed by atoms with E-state index in [-0.39, 0.29) is 11.6 Å². The van der Waals surface area contributed by atoms with Crippen molar-refractivity contribution in [1.29, 1.82) is 0 Å². The Labute approximate surface area is 78.4 Å². The number of hydrogen-bond acceptors (Lipinski definition) is 4. The molecule has 6 heteroatoms. The normalized spacial score (nSPS) is 10.0. The second kappa shape index (κ2) is 3.25. The summed E-state index contributed by atoms with van der Waals surface area (Å²) < 4.78 is 0. The van der Waals surface area contributed by atoms with Gasteiger partial charge in [-0.2, -0.15) is 0 Å². The third kappa shape index (κ3) is 1.33. The monoisotopic (exact) mass is 190 g/mol. The van der Waals surface area contributed by atoms with Gasteiger partial charge in [-0.3, -0.25) is 9.59 Å². The van der Waals surface area contributed by atoms with E-state index in [0.717, 1.165) is 0 Å². The number of aromatic nitrogens is 4. The number of H-pyrrole nitrogens is 2. The van der Waals surface area contributed by atoms with E-state index >= 15 is 0 Å². The Bertz CT molecular complexity index is 399. The average Bonchev–Trinajstić information content (AvgIpc) is 2.87. The van der Waals surface area contributed by atoms with Crippen molar-refractivity contribution in [2.24, 2.45) is 0 Å². The summed E-state index contributed by atoms with van der Waals surface area (Å²) in [5.74, 6) is -1.37. The summed E-state index contributed by atoms with van der Waals surface area (Å²) in [4.78, 5) is 35.3. The molecule has 0 aliphatic heterocycles. The molecule has 0 unspecified atom stereocenters. The Morgan fingerprint density at radius 1 is 0.929 bits per heavy atom. The minimum atomic E-state index is -0.704. The molecule has 0 aliphatic carbocycles. The van der Waals surface area contributed by atoms with Gasteiger partial charge in [0.1, 0.15) is 0 Å². The van der Waals surface area contributed by atoms with Crippen LogP contribution in [-0.2, 0) is 0 Å². The molecular weight excluding hydrogens is 184 g/mol. The SMILES string of the molecule is O=C(C(=O)c1ncc[nH]1)c1ncc[nH]1. The lowest BCUT2D eigenvalue weighted by molar-refractivity contribution is 0.0806. The summed E-state index contributed by atoms with van der Waals surface area (Å²) >= 11 is 0. The van der Waals surface area contributed by atoms with E-state index in [9.17, 15) is 9.59 Å². The molecule has 6 nitrogen and oxygen atoms in total. The van der Waals surface area contributed by atoms with Gasteiger partial charge in [-0.05, 0) is 0 Å². The van der Waals surface area contributed by atoms with Gasteiger partial charge in [0.2, 0.25) is 0 Å². The quantitative estimate of drug-likeness (QED) is 0.534. The maximum atomic E-state index is 11.4. The van der Waals surface area contributed by atoms with Crippen LogP contribution in [0.5, 0.6) is 0 Å². The van der Waals surface area contributed by atoms with Crippen LogP contribution < -0.4 is 0 Å². The average molecular weight is 190 g/mol. The second-order valence-corrected chi connectivity index (χ2v) is 2.53. The van der Waals surface area contributed by atoms with Gasteiger partial charge >= 0.3 is 0 Å². The third-order valence-corrected chi connectivity index (χ3v) is 1.63. The van der Waals surface area contributed by atoms with Crippen LogP contribution in [0.2, 0.25) is 0 Å². The van der Waals surface area contributed by atoms with Gasteiger partial charge in [0.25, 0.3) is 11.6 Å². The number of nitrogens with one attached hydrogen (secondary N) is 2. The van der Waals surface area contributed by atoms with Crippen molar-refractivity contribution in [2.75, 3.05) is 0 Å². The largest absolute Gasteiger partial charge is 0.342 e. The first-order valence-electron chi connectivity index (χ1n) is 3.87. The Balaban J connectivity index is 2.26. The maximum absolute atomic E-state index is 11.4. The van der Waals surface area contributed by atoms with Gasteiger partial charge in [-0.15, -0.1) is 0 Å². The summed E-state index contributed by atoms with van der Waals surface area (Å²) in [7, 11) is 0. The molecule has 14 heavy (non-hydrogen) atoms. The summed E-state index contributed by atoms with van der Waals surface area (Å²) in [6.07, 6.45) is 5.76. The Morgan fingerprint density at radius 2 is 1.36 bits per heavy atom. The van der Waals surface area contributed by atoms with Gasteiger partial charge < -0.3 is 9.97 Å². The van der Waals surface area contributed by atoms with Crippen molar-refractivity contribution in [3.05, 3.63) is 36.4 Å². The lowest BCUT2D eigenvalue weighted by Crippen LogP contribution is -2.17. The number of aromatic amines is 2. The van der Waals surface area contributed by atoms with Gasteiger partial charge in [0.15, 0.2) is 11.6 Å². The fourth-order valence-electron chi connectivity index (χ4n) is 0.994. The first-order valence-corrected chi connectivity index (χ1v) is 3.87. The van der Waals surface area contributed by atoms with Crippen molar-refractivity contribution in [2.45, 2.75) is 0 Å². The second-order valence-electron chi connectivity index (χ2n) is 2.53. The summed E-state index contributed by atoms with van der Waals surface area (Å²) in [6, 6.07) is 0. The first kappa shape index (κ1) is 8.36. The van der Waals surface area contributed by atoms with Crippen LogP contribution >= 0.6 is 0 Å².